The van der Waals surface area contributed by atoms with Crippen LogP contribution in [0.25, 0.3) is 0 Å². The molecule has 0 saturated heterocycles. The molecule has 0 bridgehead atoms. The quantitative estimate of drug-likeness (QED) is 0.261. The van der Waals surface area contributed by atoms with Gasteiger partial charge in [0.2, 0.25) is 0 Å². The second-order valence-corrected chi connectivity index (χ2v) is 13.2. The first-order chi connectivity index (χ1) is 14.9. The standard InChI is InChI=1S/C29H48O3/c1-19(9-8-15-26(3,4)32-31)21-12-17-29(7)24-11-10-22-20(2)25(30)14-16-27(22,5)23(24)13-18-28(21,29)6/h8,15,19-22,25,30-31H,9-14,16-18H2,1-7H3/b15-8+/t19-,20+,21-,22-,25+,27+,28-,29+/m1/s1. The van der Waals surface area contributed by atoms with Crippen molar-refractivity contribution in [2.45, 2.75) is 118 Å². The monoisotopic (exact) mass is 444 g/mol. The number of aliphatic hydroxyl groups is 1. The van der Waals surface area contributed by atoms with E-state index in [0.29, 0.717) is 34.0 Å². The molecule has 0 spiro atoms. The number of hydrogen-bond acceptors (Lipinski definition) is 3. The molecule has 0 aromatic heterocycles. The zero-order valence-electron chi connectivity index (χ0n) is 21.7. The average molecular weight is 445 g/mol. The van der Waals surface area contributed by atoms with Gasteiger partial charge >= 0.3 is 0 Å². The Kier molecular flexibility index (Phi) is 6.30. The lowest BCUT2D eigenvalue weighted by Gasteiger charge is -2.60. The van der Waals surface area contributed by atoms with Crippen molar-refractivity contribution in [1.29, 1.82) is 0 Å². The van der Waals surface area contributed by atoms with E-state index in [4.69, 9.17) is 5.26 Å². The predicted molar refractivity (Wildman–Crippen MR) is 131 cm³/mol. The largest absolute Gasteiger partial charge is 0.393 e. The van der Waals surface area contributed by atoms with Gasteiger partial charge in [-0.3, -0.25) is 5.26 Å². The zero-order chi connectivity index (χ0) is 23.5. The fourth-order valence-electron chi connectivity index (χ4n) is 9.01. The summed E-state index contributed by atoms with van der Waals surface area (Å²) in [5.41, 5.74) is 4.02. The van der Waals surface area contributed by atoms with Gasteiger partial charge in [-0.15, -0.1) is 0 Å². The van der Waals surface area contributed by atoms with Crippen LogP contribution in [0.2, 0.25) is 0 Å². The summed E-state index contributed by atoms with van der Waals surface area (Å²) < 4.78 is 0. The summed E-state index contributed by atoms with van der Waals surface area (Å²) >= 11 is 0. The Labute approximate surface area is 196 Å². The summed E-state index contributed by atoms with van der Waals surface area (Å²) in [6, 6.07) is 0. The van der Waals surface area contributed by atoms with Crippen LogP contribution in [0.3, 0.4) is 0 Å². The summed E-state index contributed by atoms with van der Waals surface area (Å²) in [6.45, 7) is 16.3. The van der Waals surface area contributed by atoms with Crippen LogP contribution in [-0.4, -0.2) is 22.1 Å². The van der Waals surface area contributed by atoms with Crippen molar-refractivity contribution in [3.8, 4) is 0 Å². The van der Waals surface area contributed by atoms with E-state index >= 15 is 0 Å². The second kappa shape index (κ2) is 8.24. The highest BCUT2D eigenvalue weighted by atomic mass is 17.1. The Morgan fingerprint density at radius 1 is 1.06 bits per heavy atom. The van der Waals surface area contributed by atoms with E-state index in [-0.39, 0.29) is 6.10 Å². The molecule has 0 aliphatic heterocycles. The van der Waals surface area contributed by atoms with Crippen molar-refractivity contribution < 1.29 is 15.3 Å². The number of rotatable bonds is 5. The van der Waals surface area contributed by atoms with Gasteiger partial charge in [0.15, 0.2) is 0 Å². The molecule has 182 valence electrons. The predicted octanol–water partition coefficient (Wildman–Crippen LogP) is 7.56. The van der Waals surface area contributed by atoms with Gasteiger partial charge < -0.3 is 5.11 Å². The number of hydrogen-bond donors (Lipinski definition) is 2. The summed E-state index contributed by atoms with van der Waals surface area (Å²) in [4.78, 5) is 4.58. The zero-order valence-corrected chi connectivity index (χ0v) is 21.7. The third-order valence-electron chi connectivity index (χ3n) is 11.3. The SMILES string of the molecule is C[C@H]1[C@H]2CCC3=C(CC[C@]4(C)[C@@H]([C@H](C)C/C=C/C(C)(C)OO)CC[C@@]34C)[C@@]2(C)CC[C@@H]1O. The smallest absolute Gasteiger partial charge is 0.116 e. The van der Waals surface area contributed by atoms with Crippen LogP contribution in [0.15, 0.2) is 23.3 Å². The van der Waals surface area contributed by atoms with Crippen LogP contribution in [-0.2, 0) is 4.89 Å². The molecule has 4 rings (SSSR count). The van der Waals surface area contributed by atoms with Crippen LogP contribution in [0.4, 0.5) is 0 Å². The van der Waals surface area contributed by atoms with Crippen LogP contribution < -0.4 is 0 Å². The first-order valence-electron chi connectivity index (χ1n) is 13.3. The molecule has 2 fully saturated rings. The van der Waals surface area contributed by atoms with Crippen molar-refractivity contribution in [2.75, 3.05) is 0 Å². The Morgan fingerprint density at radius 2 is 1.78 bits per heavy atom. The molecule has 0 aromatic rings. The van der Waals surface area contributed by atoms with Crippen molar-refractivity contribution in [3.05, 3.63) is 23.3 Å². The summed E-state index contributed by atoms with van der Waals surface area (Å²) in [5, 5.41) is 19.6. The highest BCUT2D eigenvalue weighted by Crippen LogP contribution is 2.71. The molecule has 32 heavy (non-hydrogen) atoms. The van der Waals surface area contributed by atoms with Crippen LogP contribution in [0, 0.1) is 39.9 Å². The molecule has 4 aliphatic rings. The highest BCUT2D eigenvalue weighted by molar-refractivity contribution is 5.38. The molecule has 8 atom stereocenters. The highest BCUT2D eigenvalue weighted by Gasteiger charge is 2.62. The van der Waals surface area contributed by atoms with Crippen molar-refractivity contribution >= 4 is 0 Å². The molecule has 0 heterocycles. The Hall–Kier alpha value is -0.640. The Balaban J connectivity index is 1.59. The fraction of sp³-hybridized carbons (Fsp3) is 0.862. The second-order valence-electron chi connectivity index (χ2n) is 13.2. The van der Waals surface area contributed by atoms with Crippen molar-refractivity contribution in [2.24, 2.45) is 39.9 Å². The Morgan fingerprint density at radius 3 is 2.47 bits per heavy atom. The van der Waals surface area contributed by atoms with E-state index in [1.165, 1.54) is 44.9 Å². The van der Waals surface area contributed by atoms with Crippen LogP contribution in [0.5, 0.6) is 0 Å². The van der Waals surface area contributed by atoms with E-state index in [1.54, 1.807) is 0 Å². The third-order valence-corrected chi connectivity index (χ3v) is 11.3. The van der Waals surface area contributed by atoms with Gasteiger partial charge in [0.1, 0.15) is 5.60 Å². The molecular formula is C29H48O3. The maximum absolute atomic E-state index is 10.6. The third kappa shape index (κ3) is 3.57. The Bertz CT molecular complexity index is 781. The molecule has 3 nitrogen and oxygen atoms in total. The van der Waals surface area contributed by atoms with Gasteiger partial charge in [-0.05, 0) is 112 Å². The average Bonchev–Trinajstić information content (AvgIpc) is 3.02. The lowest BCUT2D eigenvalue weighted by molar-refractivity contribution is -0.297. The van der Waals surface area contributed by atoms with E-state index < -0.39 is 5.60 Å². The first kappa shape index (κ1) is 24.5. The van der Waals surface area contributed by atoms with E-state index in [0.717, 1.165) is 18.8 Å². The molecular weight excluding hydrogens is 396 g/mol. The number of allylic oxidation sites excluding steroid dienone is 3. The van der Waals surface area contributed by atoms with Gasteiger partial charge in [-0.25, -0.2) is 4.89 Å². The van der Waals surface area contributed by atoms with E-state index in [9.17, 15) is 5.11 Å². The molecule has 0 amide bonds. The van der Waals surface area contributed by atoms with Crippen LogP contribution >= 0.6 is 0 Å². The van der Waals surface area contributed by atoms with E-state index in [2.05, 4.69) is 45.6 Å². The maximum atomic E-state index is 10.6. The fourth-order valence-corrected chi connectivity index (χ4v) is 9.01. The molecule has 4 aliphatic carbocycles. The number of fused-ring (bicyclic) bond motifs is 4. The molecule has 2 N–H and O–H groups in total. The molecule has 0 unspecified atom stereocenters. The minimum absolute atomic E-state index is 0.106. The molecule has 0 radical (unpaired) electrons. The van der Waals surface area contributed by atoms with Crippen molar-refractivity contribution in [1.82, 2.24) is 0 Å². The molecule has 3 heteroatoms. The first-order valence-corrected chi connectivity index (χ1v) is 13.3. The topological polar surface area (TPSA) is 49.7 Å². The number of aliphatic hydroxyl groups excluding tert-OH is 1. The normalized spacial score (nSPS) is 45.5. The van der Waals surface area contributed by atoms with Crippen molar-refractivity contribution in [3.63, 3.8) is 0 Å². The minimum Gasteiger partial charge on any atom is -0.393 e. The van der Waals surface area contributed by atoms with Gasteiger partial charge in [-0.1, -0.05) is 57.9 Å². The van der Waals surface area contributed by atoms with Gasteiger partial charge in [0.05, 0.1) is 6.10 Å². The molecule has 2 saturated carbocycles. The molecule has 0 aromatic carbocycles. The lowest BCUT2D eigenvalue weighted by Crippen LogP contribution is -2.51. The van der Waals surface area contributed by atoms with Gasteiger partial charge in [-0.2, -0.15) is 0 Å². The van der Waals surface area contributed by atoms with Gasteiger partial charge in [0, 0.05) is 0 Å². The lowest BCUT2D eigenvalue weighted by atomic mass is 9.45. The summed E-state index contributed by atoms with van der Waals surface area (Å²) in [5.74, 6) is 2.45. The summed E-state index contributed by atoms with van der Waals surface area (Å²) in [7, 11) is 0. The maximum Gasteiger partial charge on any atom is 0.116 e. The minimum atomic E-state index is -0.614. The van der Waals surface area contributed by atoms with Crippen LogP contribution in [0.1, 0.15) is 106 Å². The van der Waals surface area contributed by atoms with E-state index in [1.807, 2.05) is 31.1 Å². The summed E-state index contributed by atoms with van der Waals surface area (Å²) in [6.07, 6.45) is 15.0. The van der Waals surface area contributed by atoms with Gasteiger partial charge in [0.25, 0.3) is 0 Å².